The van der Waals surface area contributed by atoms with Crippen LogP contribution in [0.15, 0.2) is 24.3 Å². The molecule has 0 bridgehead atoms. The molecule has 0 aliphatic carbocycles. The number of amides is 1. The quantitative estimate of drug-likeness (QED) is 0.446. The minimum atomic E-state index is 0.0711. The molecular formula is C13H17ClINO. The Morgan fingerprint density at radius 1 is 1.29 bits per heavy atom. The Kier molecular flexibility index (Phi) is 7.60. The van der Waals surface area contributed by atoms with E-state index in [0.29, 0.717) is 11.4 Å². The molecule has 0 fully saturated rings. The molecule has 94 valence electrons. The topological polar surface area (TPSA) is 29.1 Å². The van der Waals surface area contributed by atoms with Crippen LogP contribution in [-0.4, -0.2) is 16.9 Å². The summed E-state index contributed by atoms with van der Waals surface area (Å²) in [6.45, 7) is 0.774. The summed E-state index contributed by atoms with van der Waals surface area (Å²) >= 11 is 8.23. The van der Waals surface area contributed by atoms with E-state index in [4.69, 9.17) is 11.6 Å². The Balaban J connectivity index is 2.21. The molecule has 0 saturated carbocycles. The maximum atomic E-state index is 11.6. The van der Waals surface area contributed by atoms with Gasteiger partial charge in [-0.15, -0.1) is 0 Å². The van der Waals surface area contributed by atoms with Gasteiger partial charge in [0.1, 0.15) is 0 Å². The van der Waals surface area contributed by atoms with Gasteiger partial charge in [0, 0.05) is 11.6 Å². The Morgan fingerprint density at radius 2 is 2.12 bits per heavy atom. The third-order valence-electron chi connectivity index (χ3n) is 2.39. The van der Waals surface area contributed by atoms with Crippen LogP contribution in [0.1, 0.15) is 24.8 Å². The van der Waals surface area contributed by atoms with Gasteiger partial charge in [-0.05, 0) is 35.0 Å². The number of alkyl halides is 1. The van der Waals surface area contributed by atoms with E-state index in [9.17, 15) is 4.79 Å². The lowest BCUT2D eigenvalue weighted by Gasteiger charge is -2.05. The molecule has 0 saturated heterocycles. The van der Waals surface area contributed by atoms with E-state index in [0.717, 1.165) is 18.5 Å². The van der Waals surface area contributed by atoms with E-state index in [1.54, 1.807) is 0 Å². The Hall–Kier alpha value is -0.290. The molecule has 4 heteroatoms. The first-order chi connectivity index (χ1) is 8.22. The van der Waals surface area contributed by atoms with E-state index in [-0.39, 0.29) is 5.91 Å². The van der Waals surface area contributed by atoms with E-state index >= 15 is 0 Å². The number of hydrogen-bond donors (Lipinski definition) is 1. The summed E-state index contributed by atoms with van der Waals surface area (Å²) < 4.78 is 1.19. The van der Waals surface area contributed by atoms with Crippen molar-refractivity contribution in [3.05, 3.63) is 34.9 Å². The van der Waals surface area contributed by atoms with Crippen molar-refractivity contribution >= 4 is 40.1 Å². The van der Waals surface area contributed by atoms with Crippen LogP contribution in [0.2, 0.25) is 5.02 Å². The summed E-state index contributed by atoms with van der Waals surface area (Å²) in [5.74, 6) is 0.0711. The predicted octanol–water partition coefficient (Wildman–Crippen LogP) is 3.60. The first-order valence-electron chi connectivity index (χ1n) is 5.79. The zero-order valence-corrected chi connectivity index (χ0v) is 12.6. The fourth-order valence-electron chi connectivity index (χ4n) is 1.52. The van der Waals surface area contributed by atoms with Crippen LogP contribution < -0.4 is 5.32 Å². The molecule has 2 nitrogen and oxygen atoms in total. The van der Waals surface area contributed by atoms with Gasteiger partial charge in [-0.3, -0.25) is 4.79 Å². The molecule has 0 radical (unpaired) electrons. The number of carbonyl (C=O) groups is 1. The summed E-state index contributed by atoms with van der Waals surface area (Å²) in [7, 11) is 0. The second kappa shape index (κ2) is 8.75. The van der Waals surface area contributed by atoms with Crippen LogP contribution in [0.5, 0.6) is 0 Å². The zero-order chi connectivity index (χ0) is 12.5. The molecule has 0 spiro atoms. The molecule has 1 amide bonds. The molecule has 1 N–H and O–H groups in total. The molecule has 1 aromatic carbocycles. The van der Waals surface area contributed by atoms with E-state index in [1.807, 2.05) is 24.3 Å². The molecular weight excluding hydrogens is 349 g/mol. The van der Waals surface area contributed by atoms with Crippen LogP contribution in [0.4, 0.5) is 0 Å². The molecule has 1 rings (SSSR count). The van der Waals surface area contributed by atoms with Gasteiger partial charge in [0.2, 0.25) is 5.91 Å². The molecule has 0 aromatic heterocycles. The maximum absolute atomic E-state index is 11.6. The summed E-state index contributed by atoms with van der Waals surface area (Å²) in [6, 6.07) is 7.43. The Labute approximate surface area is 121 Å². The van der Waals surface area contributed by atoms with Gasteiger partial charge < -0.3 is 5.32 Å². The number of nitrogens with one attached hydrogen (secondary N) is 1. The standard InChI is InChI=1S/C13H17ClINO/c14-12-6-4-5-11(9-12)10-13(17)16-8-3-1-2-7-15/h4-6,9H,1-3,7-8,10H2,(H,16,17). The highest BCUT2D eigenvalue weighted by Crippen LogP contribution is 2.10. The van der Waals surface area contributed by atoms with Crippen LogP contribution in [0.25, 0.3) is 0 Å². The zero-order valence-electron chi connectivity index (χ0n) is 9.72. The van der Waals surface area contributed by atoms with E-state index in [1.165, 1.54) is 17.3 Å². The monoisotopic (exact) mass is 365 g/mol. The number of benzene rings is 1. The van der Waals surface area contributed by atoms with Crippen molar-refractivity contribution in [3.63, 3.8) is 0 Å². The highest BCUT2D eigenvalue weighted by molar-refractivity contribution is 14.1. The average Bonchev–Trinajstić information content (AvgIpc) is 2.29. The van der Waals surface area contributed by atoms with Gasteiger partial charge in [-0.2, -0.15) is 0 Å². The Bertz CT molecular complexity index is 357. The smallest absolute Gasteiger partial charge is 0.224 e. The third kappa shape index (κ3) is 6.88. The number of rotatable bonds is 7. The molecule has 0 atom stereocenters. The minimum Gasteiger partial charge on any atom is -0.356 e. The van der Waals surface area contributed by atoms with Crippen molar-refractivity contribution in [2.75, 3.05) is 11.0 Å². The second-order valence-corrected chi connectivity index (χ2v) is 5.42. The maximum Gasteiger partial charge on any atom is 0.224 e. The van der Waals surface area contributed by atoms with Gasteiger partial charge in [-0.1, -0.05) is 52.7 Å². The summed E-state index contributed by atoms with van der Waals surface area (Å²) in [5, 5.41) is 3.60. The largest absolute Gasteiger partial charge is 0.356 e. The van der Waals surface area contributed by atoms with Crippen molar-refractivity contribution in [2.24, 2.45) is 0 Å². The number of hydrogen-bond acceptors (Lipinski definition) is 1. The molecule has 1 aromatic rings. The van der Waals surface area contributed by atoms with Crippen molar-refractivity contribution in [1.29, 1.82) is 0 Å². The summed E-state index contributed by atoms with van der Waals surface area (Å²) in [5.41, 5.74) is 0.960. The first kappa shape index (κ1) is 14.8. The third-order valence-corrected chi connectivity index (χ3v) is 3.38. The Morgan fingerprint density at radius 3 is 2.82 bits per heavy atom. The molecule has 17 heavy (non-hydrogen) atoms. The number of carbonyl (C=O) groups excluding carboxylic acids is 1. The van der Waals surface area contributed by atoms with Crippen molar-refractivity contribution in [3.8, 4) is 0 Å². The van der Waals surface area contributed by atoms with Crippen molar-refractivity contribution in [2.45, 2.75) is 25.7 Å². The van der Waals surface area contributed by atoms with Crippen molar-refractivity contribution < 1.29 is 4.79 Å². The van der Waals surface area contributed by atoms with Crippen LogP contribution in [0, 0.1) is 0 Å². The minimum absolute atomic E-state index is 0.0711. The fraction of sp³-hybridized carbons (Fsp3) is 0.462. The molecule has 0 unspecified atom stereocenters. The van der Waals surface area contributed by atoms with E-state index < -0.39 is 0 Å². The molecule has 0 aliphatic rings. The summed E-state index contributed by atoms with van der Waals surface area (Å²) in [4.78, 5) is 11.6. The fourth-order valence-corrected chi connectivity index (χ4v) is 2.27. The highest BCUT2D eigenvalue weighted by atomic mass is 127. The van der Waals surface area contributed by atoms with Crippen LogP contribution in [0.3, 0.4) is 0 Å². The lowest BCUT2D eigenvalue weighted by molar-refractivity contribution is -0.120. The lowest BCUT2D eigenvalue weighted by atomic mass is 10.1. The molecule has 0 heterocycles. The number of halogens is 2. The van der Waals surface area contributed by atoms with Gasteiger partial charge in [0.15, 0.2) is 0 Å². The van der Waals surface area contributed by atoms with E-state index in [2.05, 4.69) is 27.9 Å². The van der Waals surface area contributed by atoms with Gasteiger partial charge in [0.05, 0.1) is 6.42 Å². The SMILES string of the molecule is O=C(Cc1cccc(Cl)c1)NCCCCCI. The average molecular weight is 366 g/mol. The second-order valence-electron chi connectivity index (χ2n) is 3.91. The van der Waals surface area contributed by atoms with Crippen LogP contribution >= 0.6 is 34.2 Å². The highest BCUT2D eigenvalue weighted by Gasteiger charge is 2.02. The normalized spacial score (nSPS) is 10.2. The summed E-state index contributed by atoms with van der Waals surface area (Å²) in [6.07, 6.45) is 3.88. The molecule has 0 aliphatic heterocycles. The van der Waals surface area contributed by atoms with Gasteiger partial charge in [-0.25, -0.2) is 0 Å². The van der Waals surface area contributed by atoms with Crippen molar-refractivity contribution in [1.82, 2.24) is 5.32 Å². The lowest BCUT2D eigenvalue weighted by Crippen LogP contribution is -2.26. The van der Waals surface area contributed by atoms with Gasteiger partial charge in [0.25, 0.3) is 0 Å². The first-order valence-corrected chi connectivity index (χ1v) is 7.70. The van der Waals surface area contributed by atoms with Crippen LogP contribution in [-0.2, 0) is 11.2 Å². The van der Waals surface area contributed by atoms with Gasteiger partial charge >= 0.3 is 0 Å². The predicted molar refractivity (Wildman–Crippen MR) is 80.9 cm³/mol. The number of unbranched alkanes of at least 4 members (excludes halogenated alkanes) is 2.